The van der Waals surface area contributed by atoms with E-state index in [0.29, 0.717) is 24.2 Å². The van der Waals surface area contributed by atoms with Gasteiger partial charge in [-0.05, 0) is 36.6 Å². The fourth-order valence-electron chi connectivity index (χ4n) is 1.75. The maximum atomic E-state index is 5.71. The lowest BCUT2D eigenvalue weighted by atomic mass is 10.1. The van der Waals surface area contributed by atoms with Gasteiger partial charge in [0.05, 0.1) is 5.69 Å². The Bertz CT molecular complexity index is 567. The van der Waals surface area contributed by atoms with Gasteiger partial charge in [0.1, 0.15) is 5.75 Å². The minimum absolute atomic E-state index is 0.347. The molecule has 0 aliphatic heterocycles. The third-order valence-electron chi connectivity index (χ3n) is 2.79. The highest BCUT2D eigenvalue weighted by atomic mass is 16.5. The van der Waals surface area contributed by atoms with Gasteiger partial charge in [0, 0.05) is 12.2 Å². The van der Waals surface area contributed by atoms with Gasteiger partial charge in [-0.15, -0.1) is 0 Å². The predicted molar refractivity (Wildman–Crippen MR) is 75.3 cm³/mol. The summed E-state index contributed by atoms with van der Waals surface area (Å²) in [6.07, 6.45) is 0. The topological polar surface area (TPSA) is 61.0 Å². The van der Waals surface area contributed by atoms with Crippen molar-refractivity contribution in [3.8, 4) is 11.8 Å². The van der Waals surface area contributed by atoms with E-state index in [1.165, 1.54) is 0 Å². The maximum Gasteiger partial charge on any atom is 0.322 e. The normalized spacial score (nSPS) is 10.8. The molecule has 2 aromatic rings. The summed E-state index contributed by atoms with van der Waals surface area (Å²) in [5.74, 6) is 1.06. The average molecular weight is 257 g/mol. The molecule has 0 radical (unpaired) electrons. The first-order valence-electron chi connectivity index (χ1n) is 6.41. The van der Waals surface area contributed by atoms with Crippen LogP contribution in [0.1, 0.15) is 36.7 Å². The number of rotatable bonds is 4. The van der Waals surface area contributed by atoms with Crippen molar-refractivity contribution < 1.29 is 4.74 Å². The van der Waals surface area contributed by atoms with Gasteiger partial charge in [0.2, 0.25) is 0 Å². The predicted octanol–water partition coefficient (Wildman–Crippen LogP) is 3.16. The second kappa shape index (κ2) is 5.80. The standard InChI is InChI=1S/C15H19N3O/c1-10(2)14-7-11(3)17-15(18-14)19-13-6-4-5-12(8-13)9-16/h4-8,10H,9,16H2,1-3H3. The zero-order valence-electron chi connectivity index (χ0n) is 11.6. The Balaban J connectivity index is 2.27. The zero-order chi connectivity index (χ0) is 13.8. The monoisotopic (exact) mass is 257 g/mol. The quantitative estimate of drug-likeness (QED) is 0.914. The number of ether oxygens (including phenoxy) is 1. The number of hydrogen-bond donors (Lipinski definition) is 1. The third kappa shape index (κ3) is 3.51. The molecule has 0 unspecified atom stereocenters. The van der Waals surface area contributed by atoms with E-state index in [4.69, 9.17) is 10.5 Å². The van der Waals surface area contributed by atoms with E-state index in [2.05, 4.69) is 23.8 Å². The summed E-state index contributed by atoms with van der Waals surface area (Å²) in [6, 6.07) is 10.0. The Kier molecular flexibility index (Phi) is 4.12. The van der Waals surface area contributed by atoms with Crippen LogP contribution in [0.25, 0.3) is 0 Å². The molecule has 0 atom stereocenters. The van der Waals surface area contributed by atoms with Gasteiger partial charge >= 0.3 is 6.01 Å². The minimum atomic E-state index is 0.347. The molecule has 100 valence electrons. The SMILES string of the molecule is Cc1cc(C(C)C)nc(Oc2cccc(CN)c2)n1. The van der Waals surface area contributed by atoms with Crippen LogP contribution in [0.5, 0.6) is 11.8 Å². The summed E-state index contributed by atoms with van der Waals surface area (Å²) >= 11 is 0. The summed E-state index contributed by atoms with van der Waals surface area (Å²) in [5.41, 5.74) is 8.53. The molecular weight excluding hydrogens is 238 g/mol. The van der Waals surface area contributed by atoms with Crippen LogP contribution in [0.15, 0.2) is 30.3 Å². The van der Waals surface area contributed by atoms with E-state index in [1.807, 2.05) is 37.3 Å². The second-order valence-corrected chi connectivity index (χ2v) is 4.83. The Morgan fingerprint density at radius 2 is 2.00 bits per heavy atom. The number of aryl methyl sites for hydroxylation is 1. The molecule has 0 saturated carbocycles. The average Bonchev–Trinajstić information content (AvgIpc) is 2.38. The van der Waals surface area contributed by atoms with Gasteiger partial charge in [0.25, 0.3) is 0 Å². The summed E-state index contributed by atoms with van der Waals surface area (Å²) in [4.78, 5) is 8.72. The fourth-order valence-corrected chi connectivity index (χ4v) is 1.75. The van der Waals surface area contributed by atoms with Crippen molar-refractivity contribution in [3.05, 3.63) is 47.3 Å². The van der Waals surface area contributed by atoms with Crippen LogP contribution < -0.4 is 10.5 Å². The summed E-state index contributed by atoms with van der Waals surface area (Å²) in [5, 5.41) is 0. The molecule has 1 aromatic heterocycles. The van der Waals surface area contributed by atoms with Gasteiger partial charge in [0.15, 0.2) is 0 Å². The third-order valence-corrected chi connectivity index (χ3v) is 2.79. The highest BCUT2D eigenvalue weighted by Crippen LogP contribution is 2.21. The molecule has 2 rings (SSSR count). The lowest BCUT2D eigenvalue weighted by Crippen LogP contribution is -2.01. The van der Waals surface area contributed by atoms with Crippen LogP contribution in [0.2, 0.25) is 0 Å². The van der Waals surface area contributed by atoms with Crippen molar-refractivity contribution in [2.75, 3.05) is 0 Å². The molecule has 1 aromatic carbocycles. The van der Waals surface area contributed by atoms with Crippen LogP contribution in [0.3, 0.4) is 0 Å². The maximum absolute atomic E-state index is 5.71. The van der Waals surface area contributed by atoms with Crippen LogP contribution in [0, 0.1) is 6.92 Å². The van der Waals surface area contributed by atoms with Gasteiger partial charge in [-0.25, -0.2) is 4.98 Å². The van der Waals surface area contributed by atoms with Crippen molar-refractivity contribution in [3.63, 3.8) is 0 Å². The number of nitrogens with two attached hydrogens (primary N) is 1. The molecule has 0 bridgehead atoms. The lowest BCUT2D eigenvalue weighted by molar-refractivity contribution is 0.436. The Morgan fingerprint density at radius 3 is 2.68 bits per heavy atom. The summed E-state index contributed by atoms with van der Waals surface area (Å²) < 4.78 is 5.71. The molecule has 19 heavy (non-hydrogen) atoms. The van der Waals surface area contributed by atoms with E-state index in [9.17, 15) is 0 Å². The van der Waals surface area contributed by atoms with Crippen molar-refractivity contribution in [2.24, 2.45) is 5.73 Å². The van der Waals surface area contributed by atoms with Crippen LogP contribution in [-0.2, 0) is 6.54 Å². The van der Waals surface area contributed by atoms with E-state index in [-0.39, 0.29) is 0 Å². The molecule has 4 heteroatoms. The molecule has 0 fully saturated rings. The summed E-state index contributed by atoms with van der Waals surface area (Å²) in [7, 11) is 0. The van der Waals surface area contributed by atoms with E-state index in [1.54, 1.807) is 0 Å². The second-order valence-electron chi connectivity index (χ2n) is 4.83. The van der Waals surface area contributed by atoms with Gasteiger partial charge in [-0.1, -0.05) is 26.0 Å². The minimum Gasteiger partial charge on any atom is -0.424 e. The molecule has 0 aliphatic carbocycles. The van der Waals surface area contributed by atoms with Crippen LogP contribution >= 0.6 is 0 Å². The lowest BCUT2D eigenvalue weighted by Gasteiger charge is -2.09. The first-order valence-corrected chi connectivity index (χ1v) is 6.41. The van der Waals surface area contributed by atoms with Crippen molar-refractivity contribution in [1.29, 1.82) is 0 Å². The fraction of sp³-hybridized carbons (Fsp3) is 0.333. The Hall–Kier alpha value is -1.94. The van der Waals surface area contributed by atoms with E-state index >= 15 is 0 Å². The first-order chi connectivity index (χ1) is 9.08. The summed E-state index contributed by atoms with van der Waals surface area (Å²) in [6.45, 7) is 6.63. The highest BCUT2D eigenvalue weighted by Gasteiger charge is 2.07. The smallest absolute Gasteiger partial charge is 0.322 e. The molecule has 4 nitrogen and oxygen atoms in total. The number of nitrogens with zero attached hydrogens (tertiary/aromatic N) is 2. The van der Waals surface area contributed by atoms with E-state index in [0.717, 1.165) is 17.0 Å². The van der Waals surface area contributed by atoms with Gasteiger partial charge in [-0.2, -0.15) is 4.98 Å². The zero-order valence-corrected chi connectivity index (χ0v) is 11.6. The highest BCUT2D eigenvalue weighted by molar-refractivity contribution is 5.30. The van der Waals surface area contributed by atoms with Gasteiger partial charge in [-0.3, -0.25) is 0 Å². The molecule has 0 amide bonds. The molecular formula is C15H19N3O. The molecule has 0 aliphatic rings. The number of hydrogen-bond acceptors (Lipinski definition) is 4. The van der Waals surface area contributed by atoms with Crippen molar-refractivity contribution >= 4 is 0 Å². The molecule has 0 spiro atoms. The molecule has 0 saturated heterocycles. The van der Waals surface area contributed by atoms with Crippen molar-refractivity contribution in [1.82, 2.24) is 9.97 Å². The van der Waals surface area contributed by atoms with Gasteiger partial charge < -0.3 is 10.5 Å². The molecule has 1 heterocycles. The van der Waals surface area contributed by atoms with Crippen LogP contribution in [-0.4, -0.2) is 9.97 Å². The number of benzene rings is 1. The molecule has 2 N–H and O–H groups in total. The largest absolute Gasteiger partial charge is 0.424 e. The Morgan fingerprint density at radius 1 is 1.21 bits per heavy atom. The Labute approximate surface area is 113 Å². The van der Waals surface area contributed by atoms with Crippen molar-refractivity contribution in [2.45, 2.75) is 33.2 Å². The van der Waals surface area contributed by atoms with Crippen LogP contribution in [0.4, 0.5) is 0 Å². The number of aromatic nitrogens is 2. The first kappa shape index (κ1) is 13.5. The van der Waals surface area contributed by atoms with E-state index < -0.39 is 0 Å².